The molecule has 1 aromatic rings. The average molecular weight is 304 g/mol. The number of ether oxygens (including phenoxy) is 2. The first kappa shape index (κ1) is 18.9. The second-order valence-corrected chi connectivity index (χ2v) is 5.85. The third-order valence-corrected chi connectivity index (χ3v) is 4.46. The van der Waals surface area contributed by atoms with Crippen molar-refractivity contribution < 1.29 is 9.47 Å². The summed E-state index contributed by atoms with van der Waals surface area (Å²) in [5, 5.41) is 0. The fourth-order valence-electron chi connectivity index (χ4n) is 3.09. The standard InChI is InChI=1S/C20H32O2/c1-5-7-8-9-10-14-17-19(18-15-12-11-13-16-18)20(6-2,21-3)22-4/h6,11-13,15-16,19H,2,5,7-10,14,17H2,1,3-4H3. The van der Waals surface area contributed by atoms with Crippen LogP contribution in [-0.4, -0.2) is 20.0 Å². The molecule has 0 heterocycles. The lowest BCUT2D eigenvalue weighted by atomic mass is 9.85. The second-order valence-electron chi connectivity index (χ2n) is 5.85. The highest BCUT2D eigenvalue weighted by molar-refractivity contribution is 5.24. The zero-order valence-electron chi connectivity index (χ0n) is 14.5. The summed E-state index contributed by atoms with van der Waals surface area (Å²) in [6, 6.07) is 10.5. The summed E-state index contributed by atoms with van der Waals surface area (Å²) in [4.78, 5) is 0. The van der Waals surface area contributed by atoms with Gasteiger partial charge in [0, 0.05) is 20.1 Å². The Balaban J connectivity index is 2.73. The van der Waals surface area contributed by atoms with Crippen LogP contribution in [-0.2, 0) is 9.47 Å². The molecule has 0 N–H and O–H groups in total. The van der Waals surface area contributed by atoms with Crippen LogP contribution < -0.4 is 0 Å². The van der Waals surface area contributed by atoms with Crippen LogP contribution in [0.3, 0.4) is 0 Å². The molecule has 0 aliphatic heterocycles. The van der Waals surface area contributed by atoms with Gasteiger partial charge in [-0.3, -0.25) is 0 Å². The number of methoxy groups -OCH3 is 2. The van der Waals surface area contributed by atoms with Crippen LogP contribution in [0.15, 0.2) is 43.0 Å². The van der Waals surface area contributed by atoms with Crippen molar-refractivity contribution in [1.29, 1.82) is 0 Å². The molecule has 1 unspecified atom stereocenters. The maximum atomic E-state index is 5.71. The minimum Gasteiger partial charge on any atom is -0.349 e. The summed E-state index contributed by atoms with van der Waals surface area (Å²) in [6.07, 6.45) is 10.6. The average Bonchev–Trinajstić information content (AvgIpc) is 2.58. The number of benzene rings is 1. The lowest BCUT2D eigenvalue weighted by Crippen LogP contribution is -2.38. The van der Waals surface area contributed by atoms with Crippen LogP contribution in [0, 0.1) is 0 Å². The van der Waals surface area contributed by atoms with E-state index in [1.165, 1.54) is 44.1 Å². The summed E-state index contributed by atoms with van der Waals surface area (Å²) < 4.78 is 11.4. The van der Waals surface area contributed by atoms with E-state index in [4.69, 9.17) is 9.47 Å². The quantitative estimate of drug-likeness (QED) is 0.280. The van der Waals surface area contributed by atoms with Gasteiger partial charge < -0.3 is 9.47 Å². The summed E-state index contributed by atoms with van der Waals surface area (Å²) in [7, 11) is 3.39. The molecule has 0 aliphatic rings. The highest BCUT2D eigenvalue weighted by Gasteiger charge is 2.37. The van der Waals surface area contributed by atoms with Gasteiger partial charge in [0.1, 0.15) is 0 Å². The van der Waals surface area contributed by atoms with Crippen LogP contribution in [0.5, 0.6) is 0 Å². The Morgan fingerprint density at radius 1 is 1.00 bits per heavy atom. The molecule has 0 bridgehead atoms. The van der Waals surface area contributed by atoms with Gasteiger partial charge in [0.2, 0.25) is 0 Å². The molecule has 0 amide bonds. The van der Waals surface area contributed by atoms with Crippen molar-refractivity contribution in [2.45, 2.75) is 63.6 Å². The summed E-state index contributed by atoms with van der Waals surface area (Å²) >= 11 is 0. The maximum absolute atomic E-state index is 5.71. The third kappa shape index (κ3) is 5.26. The molecular weight excluding hydrogens is 272 g/mol. The van der Waals surface area contributed by atoms with E-state index in [1.807, 2.05) is 6.07 Å². The fraction of sp³-hybridized carbons (Fsp3) is 0.600. The monoisotopic (exact) mass is 304 g/mol. The highest BCUT2D eigenvalue weighted by Crippen LogP contribution is 2.37. The van der Waals surface area contributed by atoms with Gasteiger partial charge in [0.25, 0.3) is 0 Å². The zero-order chi connectivity index (χ0) is 16.3. The van der Waals surface area contributed by atoms with Gasteiger partial charge in [0.05, 0.1) is 0 Å². The molecule has 1 atom stereocenters. The minimum atomic E-state index is -0.745. The van der Waals surface area contributed by atoms with Crippen molar-refractivity contribution in [2.24, 2.45) is 0 Å². The Morgan fingerprint density at radius 3 is 2.14 bits per heavy atom. The molecule has 0 saturated carbocycles. The van der Waals surface area contributed by atoms with E-state index in [9.17, 15) is 0 Å². The van der Waals surface area contributed by atoms with E-state index in [-0.39, 0.29) is 5.92 Å². The molecule has 1 rings (SSSR count). The second kappa shape index (κ2) is 10.6. The fourth-order valence-corrected chi connectivity index (χ4v) is 3.09. The Kier molecular flexibility index (Phi) is 9.10. The SMILES string of the molecule is C=CC(OC)(OC)C(CCCCCCCC)c1ccccc1. The highest BCUT2D eigenvalue weighted by atomic mass is 16.7. The minimum absolute atomic E-state index is 0.173. The van der Waals surface area contributed by atoms with E-state index in [1.54, 1.807) is 20.3 Å². The lowest BCUT2D eigenvalue weighted by molar-refractivity contribution is -0.187. The van der Waals surface area contributed by atoms with E-state index < -0.39 is 5.79 Å². The lowest BCUT2D eigenvalue weighted by Gasteiger charge is -2.36. The molecule has 0 aliphatic carbocycles. The number of rotatable bonds is 12. The van der Waals surface area contributed by atoms with E-state index in [2.05, 4.69) is 37.8 Å². The van der Waals surface area contributed by atoms with Gasteiger partial charge in [-0.2, -0.15) is 0 Å². The third-order valence-electron chi connectivity index (χ3n) is 4.46. The topological polar surface area (TPSA) is 18.5 Å². The Bertz CT molecular complexity index is 395. The number of unbranched alkanes of at least 4 members (excludes halogenated alkanes) is 5. The van der Waals surface area contributed by atoms with Gasteiger partial charge in [-0.05, 0) is 18.1 Å². The van der Waals surface area contributed by atoms with E-state index in [0.717, 1.165) is 6.42 Å². The van der Waals surface area contributed by atoms with E-state index >= 15 is 0 Å². The predicted molar refractivity (Wildman–Crippen MR) is 94.1 cm³/mol. The van der Waals surface area contributed by atoms with Crippen molar-refractivity contribution in [3.8, 4) is 0 Å². The summed E-state index contributed by atoms with van der Waals surface area (Å²) in [6.45, 7) is 6.19. The van der Waals surface area contributed by atoms with E-state index in [0.29, 0.717) is 0 Å². The van der Waals surface area contributed by atoms with Crippen LogP contribution >= 0.6 is 0 Å². The molecule has 0 spiro atoms. The molecule has 0 aromatic heterocycles. The van der Waals surface area contributed by atoms with Crippen molar-refractivity contribution in [3.05, 3.63) is 48.6 Å². The van der Waals surface area contributed by atoms with Crippen molar-refractivity contribution in [1.82, 2.24) is 0 Å². The molecule has 22 heavy (non-hydrogen) atoms. The van der Waals surface area contributed by atoms with Crippen LogP contribution in [0.2, 0.25) is 0 Å². The van der Waals surface area contributed by atoms with Gasteiger partial charge in [0.15, 0.2) is 5.79 Å². The molecule has 2 heteroatoms. The largest absolute Gasteiger partial charge is 0.349 e. The molecule has 0 fully saturated rings. The van der Waals surface area contributed by atoms with Gasteiger partial charge >= 0.3 is 0 Å². The molecule has 124 valence electrons. The van der Waals surface area contributed by atoms with Gasteiger partial charge in [-0.25, -0.2) is 0 Å². The first-order valence-corrected chi connectivity index (χ1v) is 8.53. The van der Waals surface area contributed by atoms with Crippen molar-refractivity contribution in [2.75, 3.05) is 14.2 Å². The molecule has 2 nitrogen and oxygen atoms in total. The van der Waals surface area contributed by atoms with Crippen molar-refractivity contribution in [3.63, 3.8) is 0 Å². The first-order valence-electron chi connectivity index (χ1n) is 8.53. The van der Waals surface area contributed by atoms with Crippen LogP contribution in [0.4, 0.5) is 0 Å². The summed E-state index contributed by atoms with van der Waals surface area (Å²) in [5.74, 6) is -0.572. The van der Waals surface area contributed by atoms with Crippen molar-refractivity contribution >= 4 is 0 Å². The Labute approximate surface area is 136 Å². The normalized spacial score (nSPS) is 13.0. The number of hydrogen-bond acceptors (Lipinski definition) is 2. The predicted octanol–water partition coefficient (Wildman–Crippen LogP) is 5.70. The van der Waals surface area contributed by atoms with Gasteiger partial charge in [-0.1, -0.05) is 82.4 Å². The molecular formula is C20H32O2. The number of hydrogen-bond donors (Lipinski definition) is 0. The zero-order valence-corrected chi connectivity index (χ0v) is 14.5. The summed E-state index contributed by atoms with van der Waals surface area (Å²) in [5.41, 5.74) is 1.25. The Hall–Kier alpha value is -1.12. The van der Waals surface area contributed by atoms with Crippen LogP contribution in [0.25, 0.3) is 0 Å². The Morgan fingerprint density at radius 2 is 1.59 bits per heavy atom. The molecule has 1 aromatic carbocycles. The maximum Gasteiger partial charge on any atom is 0.193 e. The van der Waals surface area contributed by atoms with Gasteiger partial charge in [-0.15, -0.1) is 0 Å². The molecule has 0 saturated heterocycles. The first-order chi connectivity index (χ1) is 10.7. The smallest absolute Gasteiger partial charge is 0.193 e. The molecule has 0 radical (unpaired) electrons. The van der Waals surface area contributed by atoms with Crippen LogP contribution in [0.1, 0.15) is 63.4 Å².